The number of benzene rings is 2. The van der Waals surface area contributed by atoms with Crippen LogP contribution in [0.25, 0.3) is 11.3 Å². The van der Waals surface area contributed by atoms with Crippen LogP contribution in [0.4, 0.5) is 11.4 Å². The Hall–Kier alpha value is -3.98. The van der Waals surface area contributed by atoms with Gasteiger partial charge in [-0.15, -0.1) is 0 Å². The number of amides is 2. The quantitative estimate of drug-likeness (QED) is 0.558. The molecule has 1 aromatic heterocycles. The number of rotatable bonds is 6. The maximum Gasteiger partial charge on any atom is 0.267 e. The highest BCUT2D eigenvalue weighted by Crippen LogP contribution is 2.21. The van der Waals surface area contributed by atoms with Crippen LogP contribution >= 0.6 is 0 Å². The van der Waals surface area contributed by atoms with E-state index in [1.54, 1.807) is 6.07 Å². The SMILES string of the molecule is Cc1ccc(-c2ccc(=O)n(CC(=O)Nc3ccc(N4CCN(C(=O)[C@H]5CCCO5)CC4)cc3)n2)cc1. The van der Waals surface area contributed by atoms with Crippen LogP contribution in [-0.4, -0.2) is 65.4 Å². The lowest BCUT2D eigenvalue weighted by Gasteiger charge is -2.37. The monoisotopic (exact) mass is 501 g/mol. The van der Waals surface area contributed by atoms with Crippen molar-refractivity contribution in [3.05, 3.63) is 76.6 Å². The van der Waals surface area contributed by atoms with Gasteiger partial charge in [-0.05, 0) is 50.1 Å². The van der Waals surface area contributed by atoms with Crippen molar-refractivity contribution in [3.8, 4) is 11.3 Å². The molecule has 3 aromatic rings. The van der Waals surface area contributed by atoms with Crippen molar-refractivity contribution in [3.63, 3.8) is 0 Å². The van der Waals surface area contributed by atoms with Gasteiger partial charge in [0.05, 0.1) is 5.69 Å². The average Bonchev–Trinajstić information content (AvgIpc) is 3.46. The third-order valence-electron chi connectivity index (χ3n) is 6.82. The number of carbonyl (C=O) groups is 2. The van der Waals surface area contributed by atoms with Gasteiger partial charge in [0, 0.05) is 55.8 Å². The number of carbonyl (C=O) groups excluding carboxylic acids is 2. The number of ether oxygens (including phenoxy) is 1. The summed E-state index contributed by atoms with van der Waals surface area (Å²) in [5.41, 5.74) is 3.99. The van der Waals surface area contributed by atoms with E-state index in [-0.39, 0.29) is 30.0 Å². The summed E-state index contributed by atoms with van der Waals surface area (Å²) in [6, 6.07) is 18.5. The van der Waals surface area contributed by atoms with Crippen LogP contribution in [0.15, 0.2) is 65.5 Å². The number of piperazine rings is 1. The van der Waals surface area contributed by atoms with E-state index in [1.807, 2.05) is 60.4 Å². The molecular formula is C28H31N5O4. The van der Waals surface area contributed by atoms with Gasteiger partial charge < -0.3 is 19.9 Å². The fraction of sp³-hybridized carbons (Fsp3) is 0.357. The van der Waals surface area contributed by atoms with Crippen LogP contribution in [0.2, 0.25) is 0 Å². The molecule has 1 N–H and O–H groups in total. The molecule has 9 nitrogen and oxygen atoms in total. The third-order valence-corrected chi connectivity index (χ3v) is 6.82. The zero-order valence-electron chi connectivity index (χ0n) is 20.9. The lowest BCUT2D eigenvalue weighted by atomic mass is 10.1. The molecule has 0 aliphatic carbocycles. The molecule has 2 aliphatic rings. The molecule has 5 rings (SSSR count). The summed E-state index contributed by atoms with van der Waals surface area (Å²) in [4.78, 5) is 41.6. The van der Waals surface area contributed by atoms with Gasteiger partial charge >= 0.3 is 0 Å². The normalized spacial score (nSPS) is 17.6. The number of hydrogen-bond acceptors (Lipinski definition) is 6. The fourth-order valence-electron chi connectivity index (χ4n) is 4.69. The van der Waals surface area contributed by atoms with E-state index in [1.165, 1.54) is 10.7 Å². The van der Waals surface area contributed by atoms with Crippen molar-refractivity contribution in [1.82, 2.24) is 14.7 Å². The highest BCUT2D eigenvalue weighted by molar-refractivity contribution is 5.90. The molecule has 2 amide bonds. The Labute approximate surface area is 215 Å². The first-order valence-electron chi connectivity index (χ1n) is 12.7. The van der Waals surface area contributed by atoms with Crippen LogP contribution in [-0.2, 0) is 20.9 Å². The lowest BCUT2D eigenvalue weighted by molar-refractivity contribution is -0.141. The molecule has 2 aliphatic heterocycles. The summed E-state index contributed by atoms with van der Waals surface area (Å²) in [5.74, 6) is -0.224. The molecule has 1 atom stereocenters. The van der Waals surface area contributed by atoms with Gasteiger partial charge in [-0.2, -0.15) is 5.10 Å². The van der Waals surface area contributed by atoms with Crippen LogP contribution in [0, 0.1) is 6.92 Å². The smallest absolute Gasteiger partial charge is 0.267 e. The average molecular weight is 502 g/mol. The highest BCUT2D eigenvalue weighted by Gasteiger charge is 2.30. The molecular weight excluding hydrogens is 470 g/mol. The molecule has 192 valence electrons. The van der Waals surface area contributed by atoms with Crippen molar-refractivity contribution >= 4 is 23.2 Å². The molecule has 0 unspecified atom stereocenters. The van der Waals surface area contributed by atoms with E-state index in [0.29, 0.717) is 31.1 Å². The number of hydrogen-bond donors (Lipinski definition) is 1. The largest absolute Gasteiger partial charge is 0.368 e. The molecule has 2 saturated heterocycles. The molecule has 2 fully saturated rings. The summed E-state index contributed by atoms with van der Waals surface area (Å²) in [5, 5.41) is 7.22. The van der Waals surface area contributed by atoms with Crippen LogP contribution in [0.3, 0.4) is 0 Å². The van der Waals surface area contributed by atoms with Gasteiger partial charge in [0.15, 0.2) is 0 Å². The Kier molecular flexibility index (Phi) is 7.32. The number of nitrogens with one attached hydrogen (secondary N) is 1. The van der Waals surface area contributed by atoms with Gasteiger partial charge in [-0.25, -0.2) is 4.68 Å². The van der Waals surface area contributed by atoms with Gasteiger partial charge in [0.25, 0.3) is 11.5 Å². The summed E-state index contributed by atoms with van der Waals surface area (Å²) in [6.45, 7) is 5.32. The van der Waals surface area contributed by atoms with E-state index in [2.05, 4.69) is 15.3 Å². The molecule has 0 spiro atoms. The van der Waals surface area contributed by atoms with Crippen molar-refractivity contribution in [1.29, 1.82) is 0 Å². The van der Waals surface area contributed by atoms with E-state index in [9.17, 15) is 14.4 Å². The topological polar surface area (TPSA) is 96.8 Å². The molecule has 3 heterocycles. The summed E-state index contributed by atoms with van der Waals surface area (Å²) >= 11 is 0. The first-order valence-corrected chi connectivity index (χ1v) is 12.7. The van der Waals surface area contributed by atoms with E-state index in [4.69, 9.17) is 4.74 Å². The van der Waals surface area contributed by atoms with Crippen LogP contribution < -0.4 is 15.8 Å². The van der Waals surface area contributed by atoms with Crippen LogP contribution in [0.1, 0.15) is 18.4 Å². The van der Waals surface area contributed by atoms with E-state index >= 15 is 0 Å². The Morgan fingerprint density at radius 2 is 1.70 bits per heavy atom. The second-order valence-corrected chi connectivity index (χ2v) is 9.49. The van der Waals surface area contributed by atoms with Crippen molar-refractivity contribution < 1.29 is 14.3 Å². The number of nitrogens with zero attached hydrogens (tertiary/aromatic N) is 4. The van der Waals surface area contributed by atoms with Crippen molar-refractivity contribution in [2.45, 2.75) is 32.4 Å². The molecule has 9 heteroatoms. The predicted molar refractivity (Wildman–Crippen MR) is 142 cm³/mol. The minimum absolute atomic E-state index is 0.105. The molecule has 0 saturated carbocycles. The second kappa shape index (κ2) is 11.0. The maximum absolute atomic E-state index is 12.7. The summed E-state index contributed by atoms with van der Waals surface area (Å²) in [7, 11) is 0. The molecule has 0 radical (unpaired) electrons. The Balaban J connectivity index is 1.16. The van der Waals surface area contributed by atoms with E-state index in [0.717, 1.165) is 42.7 Å². The van der Waals surface area contributed by atoms with Crippen molar-refractivity contribution in [2.75, 3.05) is 43.0 Å². The Morgan fingerprint density at radius 1 is 0.973 bits per heavy atom. The van der Waals surface area contributed by atoms with Crippen LogP contribution in [0.5, 0.6) is 0 Å². The second-order valence-electron chi connectivity index (χ2n) is 9.49. The summed E-state index contributed by atoms with van der Waals surface area (Å²) < 4.78 is 6.71. The third kappa shape index (κ3) is 5.89. The molecule has 0 bridgehead atoms. The zero-order valence-corrected chi connectivity index (χ0v) is 20.9. The Bertz CT molecular complexity index is 1310. The maximum atomic E-state index is 12.7. The van der Waals surface area contributed by atoms with E-state index < -0.39 is 0 Å². The Morgan fingerprint density at radius 3 is 2.38 bits per heavy atom. The first kappa shape index (κ1) is 24.7. The van der Waals surface area contributed by atoms with Gasteiger partial charge in [0.2, 0.25) is 5.91 Å². The number of aromatic nitrogens is 2. The number of aryl methyl sites for hydroxylation is 1. The van der Waals surface area contributed by atoms with Gasteiger partial charge in [-0.3, -0.25) is 14.4 Å². The fourth-order valence-corrected chi connectivity index (χ4v) is 4.69. The predicted octanol–water partition coefficient (Wildman–Crippen LogP) is 2.69. The number of anilines is 2. The molecule has 37 heavy (non-hydrogen) atoms. The minimum atomic E-state index is -0.335. The zero-order chi connectivity index (χ0) is 25.8. The lowest BCUT2D eigenvalue weighted by Crippen LogP contribution is -2.51. The first-order chi connectivity index (χ1) is 18.0. The summed E-state index contributed by atoms with van der Waals surface area (Å²) in [6.07, 6.45) is 1.49. The van der Waals surface area contributed by atoms with Crippen molar-refractivity contribution in [2.24, 2.45) is 0 Å². The molecule has 2 aromatic carbocycles. The van der Waals surface area contributed by atoms with Gasteiger partial charge in [0.1, 0.15) is 12.6 Å². The minimum Gasteiger partial charge on any atom is -0.368 e. The van der Waals surface area contributed by atoms with Gasteiger partial charge in [-0.1, -0.05) is 29.8 Å². The highest BCUT2D eigenvalue weighted by atomic mass is 16.5. The standard InChI is InChI=1S/C28H31N5O4/c1-20-4-6-21(7-5-20)24-12-13-27(35)33(30-24)19-26(34)29-22-8-10-23(11-9-22)31-14-16-32(17-15-31)28(36)25-3-2-18-37-25/h4-13,25H,2-3,14-19H2,1H3,(H,29,34)/t25-/m1/s1.